The van der Waals surface area contributed by atoms with Crippen LogP contribution in [0.1, 0.15) is 17.3 Å². The Labute approximate surface area is 130 Å². The van der Waals surface area contributed by atoms with E-state index in [9.17, 15) is 0 Å². The van der Waals surface area contributed by atoms with Crippen LogP contribution in [-0.2, 0) is 0 Å². The quantitative estimate of drug-likeness (QED) is 0.799. The van der Waals surface area contributed by atoms with E-state index in [1.54, 1.807) is 0 Å². The fourth-order valence-corrected chi connectivity index (χ4v) is 3.04. The van der Waals surface area contributed by atoms with Gasteiger partial charge < -0.3 is 9.80 Å². The number of halogens is 1. The molecule has 2 heterocycles. The molecule has 1 aliphatic rings. The molecule has 1 saturated heterocycles. The van der Waals surface area contributed by atoms with E-state index in [0.29, 0.717) is 5.28 Å². The molecule has 1 unspecified atom stereocenters. The summed E-state index contributed by atoms with van der Waals surface area (Å²) in [7, 11) is 2.16. The Morgan fingerprint density at radius 1 is 1.14 bits per heavy atom. The van der Waals surface area contributed by atoms with Gasteiger partial charge in [-0.25, -0.2) is 9.97 Å². The molecule has 21 heavy (non-hydrogen) atoms. The van der Waals surface area contributed by atoms with Crippen molar-refractivity contribution in [2.75, 3.05) is 31.6 Å². The minimum absolute atomic E-state index is 0.287. The SMILES string of the molecule is Cc1cc(N2CCN(C)CC2c2ccccc2)nc(Cl)n1. The van der Waals surface area contributed by atoms with Crippen molar-refractivity contribution in [3.63, 3.8) is 0 Å². The molecule has 1 aromatic heterocycles. The van der Waals surface area contributed by atoms with Crippen LogP contribution in [0.25, 0.3) is 0 Å². The summed E-state index contributed by atoms with van der Waals surface area (Å²) in [5.74, 6) is 0.912. The molecule has 0 spiro atoms. The zero-order chi connectivity index (χ0) is 14.8. The van der Waals surface area contributed by atoms with Crippen molar-refractivity contribution in [1.82, 2.24) is 14.9 Å². The van der Waals surface area contributed by atoms with Gasteiger partial charge in [0, 0.05) is 31.4 Å². The number of hydrogen-bond donors (Lipinski definition) is 0. The number of anilines is 1. The molecule has 4 nitrogen and oxygen atoms in total. The maximum Gasteiger partial charge on any atom is 0.224 e. The second-order valence-corrected chi connectivity index (χ2v) is 5.86. The van der Waals surface area contributed by atoms with Gasteiger partial charge in [0.2, 0.25) is 5.28 Å². The predicted molar refractivity (Wildman–Crippen MR) is 85.8 cm³/mol. The highest BCUT2D eigenvalue weighted by Gasteiger charge is 2.27. The first kappa shape index (κ1) is 14.3. The average molecular weight is 303 g/mol. The average Bonchev–Trinajstić information content (AvgIpc) is 2.47. The largest absolute Gasteiger partial charge is 0.347 e. The Bertz CT molecular complexity index is 597. The molecule has 1 fully saturated rings. The Hall–Kier alpha value is -1.65. The van der Waals surface area contributed by atoms with Crippen LogP contribution in [0.15, 0.2) is 36.4 Å². The first-order valence-corrected chi connectivity index (χ1v) is 7.52. The molecule has 1 aliphatic heterocycles. The van der Waals surface area contributed by atoms with Crippen molar-refractivity contribution < 1.29 is 0 Å². The normalized spacial score (nSPS) is 19.8. The Balaban J connectivity index is 1.98. The van der Waals surface area contributed by atoms with E-state index < -0.39 is 0 Å². The zero-order valence-electron chi connectivity index (χ0n) is 12.3. The molecule has 0 radical (unpaired) electrons. The van der Waals surface area contributed by atoms with Crippen molar-refractivity contribution in [3.05, 3.63) is 52.9 Å². The molecule has 0 aliphatic carbocycles. The monoisotopic (exact) mass is 302 g/mol. The third-order valence-electron chi connectivity index (χ3n) is 3.88. The lowest BCUT2D eigenvalue weighted by molar-refractivity contribution is 0.268. The number of likely N-dealkylation sites (N-methyl/N-ethyl adjacent to an activating group) is 1. The van der Waals surface area contributed by atoms with E-state index >= 15 is 0 Å². The first-order chi connectivity index (χ1) is 10.1. The van der Waals surface area contributed by atoms with Gasteiger partial charge in [0.25, 0.3) is 0 Å². The maximum absolute atomic E-state index is 6.03. The molecule has 0 amide bonds. The van der Waals surface area contributed by atoms with E-state index in [1.165, 1.54) is 5.56 Å². The fourth-order valence-electron chi connectivity index (χ4n) is 2.82. The molecular weight excluding hydrogens is 284 g/mol. The minimum Gasteiger partial charge on any atom is -0.347 e. The van der Waals surface area contributed by atoms with Gasteiger partial charge in [0.05, 0.1) is 6.04 Å². The van der Waals surface area contributed by atoms with Gasteiger partial charge >= 0.3 is 0 Å². The summed E-state index contributed by atoms with van der Waals surface area (Å²) in [5, 5.41) is 0.315. The van der Waals surface area contributed by atoms with Crippen molar-refractivity contribution in [2.24, 2.45) is 0 Å². The van der Waals surface area contributed by atoms with Crippen LogP contribution >= 0.6 is 11.6 Å². The van der Waals surface area contributed by atoms with Crippen LogP contribution < -0.4 is 4.90 Å². The molecule has 0 saturated carbocycles. The number of hydrogen-bond acceptors (Lipinski definition) is 4. The molecule has 1 aromatic carbocycles. The highest BCUT2D eigenvalue weighted by molar-refractivity contribution is 6.28. The lowest BCUT2D eigenvalue weighted by Crippen LogP contribution is -2.47. The van der Waals surface area contributed by atoms with E-state index in [-0.39, 0.29) is 6.04 Å². The number of nitrogens with zero attached hydrogens (tertiary/aromatic N) is 4. The van der Waals surface area contributed by atoms with Crippen molar-refractivity contribution in [2.45, 2.75) is 13.0 Å². The summed E-state index contributed by atoms with van der Waals surface area (Å²) < 4.78 is 0. The Morgan fingerprint density at radius 2 is 1.90 bits per heavy atom. The molecule has 0 bridgehead atoms. The Kier molecular flexibility index (Phi) is 4.08. The first-order valence-electron chi connectivity index (χ1n) is 7.15. The molecule has 0 N–H and O–H groups in total. The zero-order valence-corrected chi connectivity index (χ0v) is 13.1. The highest BCUT2D eigenvalue weighted by atomic mass is 35.5. The number of aromatic nitrogens is 2. The second kappa shape index (κ2) is 6.00. The molecule has 2 aromatic rings. The van der Waals surface area contributed by atoms with Crippen LogP contribution in [-0.4, -0.2) is 41.5 Å². The van der Waals surface area contributed by atoms with Gasteiger partial charge in [-0.05, 0) is 31.1 Å². The van der Waals surface area contributed by atoms with Crippen LogP contribution in [0.3, 0.4) is 0 Å². The molecule has 3 rings (SSSR count). The van der Waals surface area contributed by atoms with Crippen LogP contribution in [0, 0.1) is 6.92 Å². The van der Waals surface area contributed by atoms with E-state index in [4.69, 9.17) is 11.6 Å². The van der Waals surface area contributed by atoms with Crippen molar-refractivity contribution in [3.8, 4) is 0 Å². The van der Waals surface area contributed by atoms with Gasteiger partial charge in [0.1, 0.15) is 5.82 Å². The topological polar surface area (TPSA) is 32.3 Å². The summed E-state index contributed by atoms with van der Waals surface area (Å²) in [4.78, 5) is 13.3. The summed E-state index contributed by atoms with van der Waals surface area (Å²) in [6.45, 7) is 4.88. The number of benzene rings is 1. The minimum atomic E-state index is 0.287. The van der Waals surface area contributed by atoms with Crippen LogP contribution in [0.4, 0.5) is 5.82 Å². The van der Waals surface area contributed by atoms with E-state index in [0.717, 1.165) is 31.1 Å². The lowest BCUT2D eigenvalue weighted by atomic mass is 10.0. The summed E-state index contributed by atoms with van der Waals surface area (Å²) in [5.41, 5.74) is 2.20. The van der Waals surface area contributed by atoms with Gasteiger partial charge in [-0.15, -0.1) is 0 Å². The fraction of sp³-hybridized carbons (Fsp3) is 0.375. The van der Waals surface area contributed by atoms with Gasteiger partial charge in [0.15, 0.2) is 0 Å². The van der Waals surface area contributed by atoms with Crippen molar-refractivity contribution >= 4 is 17.4 Å². The van der Waals surface area contributed by atoms with E-state index in [2.05, 4.69) is 51.1 Å². The third-order valence-corrected chi connectivity index (χ3v) is 4.04. The number of aryl methyl sites for hydroxylation is 1. The smallest absolute Gasteiger partial charge is 0.224 e. The summed E-state index contributed by atoms with van der Waals surface area (Å²) >= 11 is 6.03. The van der Waals surface area contributed by atoms with Gasteiger partial charge in [-0.3, -0.25) is 0 Å². The molecular formula is C16H19ClN4. The number of rotatable bonds is 2. The van der Waals surface area contributed by atoms with Gasteiger partial charge in [-0.1, -0.05) is 30.3 Å². The second-order valence-electron chi connectivity index (χ2n) is 5.52. The molecule has 1 atom stereocenters. The maximum atomic E-state index is 6.03. The predicted octanol–water partition coefficient (Wildman–Crippen LogP) is 2.93. The number of piperazine rings is 1. The van der Waals surface area contributed by atoms with Crippen LogP contribution in [0.5, 0.6) is 0 Å². The molecule has 110 valence electrons. The molecule has 5 heteroatoms. The Morgan fingerprint density at radius 3 is 2.62 bits per heavy atom. The third kappa shape index (κ3) is 3.17. The summed E-state index contributed by atoms with van der Waals surface area (Å²) in [6, 6.07) is 12.9. The van der Waals surface area contributed by atoms with Gasteiger partial charge in [-0.2, -0.15) is 0 Å². The van der Waals surface area contributed by atoms with Crippen molar-refractivity contribution in [1.29, 1.82) is 0 Å². The van der Waals surface area contributed by atoms with Crippen LogP contribution in [0.2, 0.25) is 5.28 Å². The highest BCUT2D eigenvalue weighted by Crippen LogP contribution is 2.29. The lowest BCUT2D eigenvalue weighted by Gasteiger charge is -2.41. The summed E-state index contributed by atoms with van der Waals surface area (Å²) in [6.07, 6.45) is 0. The van der Waals surface area contributed by atoms with E-state index in [1.807, 2.05) is 19.1 Å². The standard InChI is InChI=1S/C16H19ClN4/c1-12-10-15(19-16(17)18-12)21-9-8-20(2)11-14(21)13-6-4-3-5-7-13/h3-7,10,14H,8-9,11H2,1-2H3.